The molecular weight excluding hydrogens is 326 g/mol. The van der Waals surface area contributed by atoms with E-state index in [1.807, 2.05) is 0 Å². The van der Waals surface area contributed by atoms with Gasteiger partial charge in [-0.1, -0.05) is 20.8 Å². The number of nitrogens with zero attached hydrogens (tertiary/aromatic N) is 1. The first-order valence-corrected chi connectivity index (χ1v) is 11.3. The molecule has 1 N–H and O–H groups in total. The molecule has 3 atom stereocenters. The maximum Gasteiger partial charge on any atom is 0.366 e. The quantitative estimate of drug-likeness (QED) is 0.618. The standard InChI is InChI=1S/C17H33NO5Si/c1-15(2,3)18(14(21)22)11-12(10-17(18,7)13(19)20)23-24(8,9)16(4,5)6/h12H,10-11H2,1-9H3,(H-,19,20,21,22). The Kier molecular flexibility index (Phi) is 5.11. The Morgan fingerprint density at radius 3 is 1.92 bits per heavy atom. The molecule has 1 aliphatic heterocycles. The highest BCUT2D eigenvalue weighted by atomic mass is 28.4. The molecule has 140 valence electrons. The summed E-state index contributed by atoms with van der Waals surface area (Å²) in [5.41, 5.74) is -2.30. The number of rotatable bonds is 3. The van der Waals surface area contributed by atoms with Crippen LogP contribution in [0.4, 0.5) is 4.79 Å². The molecule has 7 heteroatoms. The molecule has 0 aromatic rings. The minimum atomic E-state index is -2.14. The normalized spacial score (nSPS) is 32.0. The molecule has 6 nitrogen and oxygen atoms in total. The molecule has 0 aromatic heterocycles. The molecule has 0 radical (unpaired) electrons. The van der Waals surface area contributed by atoms with Gasteiger partial charge >= 0.3 is 5.97 Å². The highest BCUT2D eigenvalue weighted by Gasteiger charge is 2.67. The molecule has 1 aliphatic rings. The van der Waals surface area contributed by atoms with Crippen LogP contribution in [0, 0.1) is 0 Å². The number of carbonyl (C=O) groups is 2. The predicted molar refractivity (Wildman–Crippen MR) is 93.0 cm³/mol. The van der Waals surface area contributed by atoms with Gasteiger partial charge in [-0.3, -0.25) is 4.48 Å². The number of carbonyl (C=O) groups excluding carboxylic acids is 1. The van der Waals surface area contributed by atoms with E-state index in [0.29, 0.717) is 0 Å². The summed E-state index contributed by atoms with van der Waals surface area (Å²) >= 11 is 0. The van der Waals surface area contributed by atoms with Crippen LogP contribution in [0.25, 0.3) is 0 Å². The van der Waals surface area contributed by atoms with Crippen LogP contribution in [-0.2, 0) is 9.22 Å². The zero-order valence-corrected chi connectivity index (χ0v) is 17.5. The van der Waals surface area contributed by atoms with Crippen LogP contribution in [0.3, 0.4) is 0 Å². The third-order valence-electron chi connectivity index (χ3n) is 6.13. The number of carboxylic acid groups (broad SMARTS) is 2. The van der Waals surface area contributed by atoms with Crippen molar-refractivity contribution in [3.63, 3.8) is 0 Å². The van der Waals surface area contributed by atoms with Gasteiger partial charge in [0, 0.05) is 13.3 Å². The van der Waals surface area contributed by atoms with Gasteiger partial charge in [-0.25, -0.2) is 4.79 Å². The molecule has 1 fully saturated rings. The Bertz CT molecular complexity index is 534. The van der Waals surface area contributed by atoms with E-state index >= 15 is 0 Å². The second kappa shape index (κ2) is 5.81. The van der Waals surface area contributed by atoms with Gasteiger partial charge in [0.25, 0.3) is 6.09 Å². The third kappa shape index (κ3) is 3.02. The second-order valence-electron chi connectivity index (χ2n) is 9.71. The molecule has 0 bridgehead atoms. The van der Waals surface area contributed by atoms with Crippen molar-refractivity contribution in [3.05, 3.63) is 0 Å². The van der Waals surface area contributed by atoms with E-state index in [2.05, 4.69) is 33.9 Å². The molecule has 1 rings (SSSR count). The molecule has 3 unspecified atom stereocenters. The fraction of sp³-hybridized carbons (Fsp3) is 0.882. The van der Waals surface area contributed by atoms with Crippen molar-refractivity contribution in [1.82, 2.24) is 0 Å². The van der Waals surface area contributed by atoms with E-state index in [1.54, 1.807) is 20.8 Å². The second-order valence-corrected chi connectivity index (χ2v) is 14.5. The van der Waals surface area contributed by atoms with Crippen molar-refractivity contribution in [2.24, 2.45) is 0 Å². The lowest BCUT2D eigenvalue weighted by Gasteiger charge is -2.52. The van der Waals surface area contributed by atoms with E-state index in [4.69, 9.17) is 4.43 Å². The van der Waals surface area contributed by atoms with Gasteiger partial charge < -0.3 is 19.4 Å². The third-order valence-corrected chi connectivity index (χ3v) is 10.7. The minimum Gasteiger partial charge on any atom is -0.498 e. The maximum atomic E-state index is 12.2. The van der Waals surface area contributed by atoms with Gasteiger partial charge in [-0.2, -0.15) is 0 Å². The first kappa shape index (κ1) is 21.1. The van der Waals surface area contributed by atoms with Crippen molar-refractivity contribution >= 4 is 20.4 Å². The molecule has 0 spiro atoms. The number of aliphatic carboxylic acids is 1. The molecule has 24 heavy (non-hydrogen) atoms. The highest BCUT2D eigenvalue weighted by molar-refractivity contribution is 6.74. The lowest BCUT2D eigenvalue weighted by molar-refractivity contribution is -0.944. The van der Waals surface area contributed by atoms with Crippen LogP contribution in [0.15, 0.2) is 0 Å². The Balaban J connectivity index is 3.38. The van der Waals surface area contributed by atoms with Crippen LogP contribution < -0.4 is 5.11 Å². The Labute approximate surface area is 146 Å². The zero-order valence-electron chi connectivity index (χ0n) is 16.5. The van der Waals surface area contributed by atoms with Crippen LogP contribution in [0.2, 0.25) is 18.1 Å². The van der Waals surface area contributed by atoms with E-state index in [1.165, 1.54) is 6.92 Å². The summed E-state index contributed by atoms with van der Waals surface area (Å²) in [4.78, 5) is 24.2. The Morgan fingerprint density at radius 1 is 1.21 bits per heavy atom. The number of hydrogen-bond donors (Lipinski definition) is 1. The summed E-state index contributed by atoms with van der Waals surface area (Å²) in [6, 6.07) is 0. The first-order valence-electron chi connectivity index (χ1n) is 8.43. The van der Waals surface area contributed by atoms with Gasteiger partial charge in [0.1, 0.15) is 12.6 Å². The Hall–Kier alpha value is -0.923. The van der Waals surface area contributed by atoms with Gasteiger partial charge in [0.2, 0.25) is 5.54 Å². The topological polar surface area (TPSA) is 86.7 Å². The van der Waals surface area contributed by atoms with E-state index < -0.39 is 42.0 Å². The summed E-state index contributed by atoms with van der Waals surface area (Å²) in [5, 5.41) is 22.0. The average Bonchev–Trinajstić information content (AvgIpc) is 2.61. The van der Waals surface area contributed by atoms with Crippen LogP contribution in [0.1, 0.15) is 54.9 Å². The summed E-state index contributed by atoms with van der Waals surface area (Å²) < 4.78 is 5.75. The van der Waals surface area contributed by atoms with Crippen molar-refractivity contribution in [2.75, 3.05) is 6.54 Å². The van der Waals surface area contributed by atoms with Crippen molar-refractivity contribution in [3.8, 4) is 0 Å². The maximum absolute atomic E-state index is 12.2. The van der Waals surface area contributed by atoms with E-state index in [-0.39, 0.29) is 18.0 Å². The molecular formula is C17H33NO5Si. The molecule has 0 saturated carbocycles. The summed E-state index contributed by atoms with van der Waals surface area (Å²) in [6.45, 7) is 17.4. The molecule has 0 aromatic carbocycles. The SMILES string of the molecule is CC(C)(C)[N+]1(C(=O)[O-])CC(O[Si](C)(C)C(C)(C)C)CC1(C)C(=O)O. The van der Waals surface area contributed by atoms with Crippen molar-refractivity contribution in [1.29, 1.82) is 0 Å². The lowest BCUT2D eigenvalue weighted by Crippen LogP contribution is -2.76. The number of hydrogen-bond acceptors (Lipinski definition) is 4. The molecule has 1 amide bonds. The van der Waals surface area contributed by atoms with Gasteiger partial charge in [-0.05, 0) is 38.9 Å². The van der Waals surface area contributed by atoms with Crippen molar-refractivity contribution < 1.29 is 28.7 Å². The average molecular weight is 360 g/mol. The highest BCUT2D eigenvalue weighted by Crippen LogP contribution is 2.47. The summed E-state index contributed by atoms with van der Waals surface area (Å²) in [5.74, 6) is -1.12. The zero-order chi connectivity index (χ0) is 19.4. The van der Waals surface area contributed by atoms with E-state index in [0.717, 1.165) is 0 Å². The first-order chi connectivity index (χ1) is 10.4. The number of amides is 1. The monoisotopic (exact) mass is 359 g/mol. The smallest absolute Gasteiger partial charge is 0.366 e. The largest absolute Gasteiger partial charge is 0.498 e. The van der Waals surface area contributed by atoms with Crippen LogP contribution in [0.5, 0.6) is 0 Å². The van der Waals surface area contributed by atoms with Crippen molar-refractivity contribution in [2.45, 2.75) is 90.2 Å². The lowest BCUT2D eigenvalue weighted by atomic mass is 9.90. The molecule has 1 saturated heterocycles. The van der Waals surface area contributed by atoms with Crippen LogP contribution in [-0.4, -0.2) is 53.7 Å². The fourth-order valence-electron chi connectivity index (χ4n) is 3.66. The Morgan fingerprint density at radius 2 is 1.67 bits per heavy atom. The predicted octanol–water partition coefficient (Wildman–Crippen LogP) is 2.58. The molecule has 0 aliphatic carbocycles. The van der Waals surface area contributed by atoms with Gasteiger partial charge in [0.15, 0.2) is 8.32 Å². The minimum absolute atomic E-state index is 0.0336. The number of carboxylic acids is 1. The summed E-state index contributed by atoms with van der Waals surface area (Å²) in [7, 11) is -2.14. The van der Waals surface area contributed by atoms with Gasteiger partial charge in [-0.15, -0.1) is 0 Å². The van der Waals surface area contributed by atoms with E-state index in [9.17, 15) is 19.8 Å². The van der Waals surface area contributed by atoms with Gasteiger partial charge in [0.05, 0.1) is 5.54 Å². The number of quaternary nitrogens is 1. The number of likely N-dealkylation sites (tertiary alicyclic amines) is 1. The summed E-state index contributed by atoms with van der Waals surface area (Å²) in [6.07, 6.45) is -1.60. The van der Waals surface area contributed by atoms with Crippen LogP contribution >= 0.6 is 0 Å². The molecule has 1 heterocycles. The fourth-order valence-corrected chi connectivity index (χ4v) is 5.00.